The van der Waals surface area contributed by atoms with Crippen LogP contribution >= 0.6 is 0 Å². The zero-order chi connectivity index (χ0) is 11.0. The molecule has 1 aliphatic carbocycles. The molecule has 86 valence electrons. The Morgan fingerprint density at radius 2 is 2.33 bits per heavy atom. The molecule has 0 aromatic rings. The molecule has 2 fully saturated rings. The van der Waals surface area contributed by atoms with Gasteiger partial charge in [0.25, 0.3) is 0 Å². The molecule has 0 amide bonds. The van der Waals surface area contributed by atoms with Crippen LogP contribution in [0.2, 0.25) is 0 Å². The van der Waals surface area contributed by atoms with Crippen LogP contribution in [0.5, 0.6) is 0 Å². The summed E-state index contributed by atoms with van der Waals surface area (Å²) < 4.78 is 5.29. The molecule has 0 radical (unpaired) electrons. The number of rotatable bonds is 3. The lowest BCUT2D eigenvalue weighted by atomic mass is 9.84. The first-order valence-electron chi connectivity index (χ1n) is 5.95. The summed E-state index contributed by atoms with van der Waals surface area (Å²) in [5.74, 6) is 1.59. The molecule has 0 bridgehead atoms. The van der Waals surface area contributed by atoms with Crippen molar-refractivity contribution in [1.29, 1.82) is 0 Å². The van der Waals surface area contributed by atoms with Gasteiger partial charge in [0.15, 0.2) is 0 Å². The third kappa shape index (κ3) is 2.17. The minimum absolute atomic E-state index is 0.0288. The number of carbonyl (C=O) groups excluding carboxylic acids is 1. The van der Waals surface area contributed by atoms with E-state index < -0.39 is 0 Å². The summed E-state index contributed by atoms with van der Waals surface area (Å²) in [5, 5.41) is 9.29. The molecule has 1 N–H and O–H groups in total. The molecule has 1 saturated heterocycles. The summed E-state index contributed by atoms with van der Waals surface area (Å²) >= 11 is 0. The highest BCUT2D eigenvalue weighted by atomic mass is 16.6. The Kier molecular flexibility index (Phi) is 3.01. The average Bonchev–Trinajstić information content (AvgIpc) is 2.57. The van der Waals surface area contributed by atoms with Crippen molar-refractivity contribution in [1.82, 2.24) is 0 Å². The maximum Gasteiger partial charge on any atom is 0.306 e. The minimum atomic E-state index is -0.228. The van der Waals surface area contributed by atoms with E-state index in [4.69, 9.17) is 4.74 Å². The highest BCUT2D eigenvalue weighted by Gasteiger charge is 2.47. The summed E-state index contributed by atoms with van der Waals surface area (Å²) in [4.78, 5) is 11.2. The topological polar surface area (TPSA) is 46.5 Å². The molecule has 3 nitrogen and oxygen atoms in total. The Balaban J connectivity index is 1.94. The largest absolute Gasteiger partial charge is 0.462 e. The molecule has 15 heavy (non-hydrogen) atoms. The van der Waals surface area contributed by atoms with Gasteiger partial charge in [-0.15, -0.1) is 0 Å². The van der Waals surface area contributed by atoms with E-state index in [1.54, 1.807) is 0 Å². The van der Waals surface area contributed by atoms with Gasteiger partial charge in [0.2, 0.25) is 0 Å². The molecular formula is C12H20O3. The van der Waals surface area contributed by atoms with E-state index in [2.05, 4.69) is 6.92 Å². The number of hydrogen-bond donors (Lipinski definition) is 1. The number of aliphatic hydroxyl groups excluding tert-OH is 1. The Hall–Kier alpha value is -0.570. The Labute approximate surface area is 90.8 Å². The monoisotopic (exact) mass is 212 g/mol. The molecule has 5 atom stereocenters. The molecule has 3 heteroatoms. The van der Waals surface area contributed by atoms with Crippen LogP contribution in [-0.2, 0) is 9.53 Å². The van der Waals surface area contributed by atoms with Crippen LogP contribution in [-0.4, -0.2) is 23.3 Å². The van der Waals surface area contributed by atoms with E-state index in [1.807, 2.05) is 6.92 Å². The number of esters is 1. The first kappa shape index (κ1) is 10.9. The summed E-state index contributed by atoms with van der Waals surface area (Å²) in [5.41, 5.74) is 0. The molecule has 0 aromatic heterocycles. The van der Waals surface area contributed by atoms with E-state index in [0.29, 0.717) is 24.2 Å². The smallest absolute Gasteiger partial charge is 0.306 e. The van der Waals surface area contributed by atoms with Crippen molar-refractivity contribution < 1.29 is 14.6 Å². The molecule has 1 heterocycles. The fourth-order valence-corrected chi connectivity index (χ4v) is 3.17. The maximum atomic E-state index is 11.2. The lowest BCUT2D eigenvalue weighted by molar-refractivity contribution is -0.141. The van der Waals surface area contributed by atoms with Gasteiger partial charge in [-0.2, -0.15) is 0 Å². The second kappa shape index (κ2) is 4.12. The number of ether oxygens (including phenoxy) is 1. The van der Waals surface area contributed by atoms with Gasteiger partial charge in [-0.25, -0.2) is 0 Å². The van der Waals surface area contributed by atoms with Crippen molar-refractivity contribution in [2.45, 2.75) is 51.7 Å². The number of fused-ring (bicyclic) bond motifs is 1. The standard InChI is InChI=1S/C12H20O3/c1-7-5-11-10(6-12(14)15-11)9(7)4-3-8(2)13/h7-11,13H,3-6H2,1-2H3/t7-,8+,9+,10-,11+/m1/s1. The Morgan fingerprint density at radius 1 is 1.60 bits per heavy atom. The number of carbonyl (C=O) groups is 1. The van der Waals surface area contributed by atoms with Gasteiger partial charge in [0, 0.05) is 5.92 Å². The van der Waals surface area contributed by atoms with Crippen molar-refractivity contribution in [3.63, 3.8) is 0 Å². The molecule has 0 aromatic carbocycles. The van der Waals surface area contributed by atoms with E-state index in [9.17, 15) is 9.90 Å². The van der Waals surface area contributed by atoms with Crippen LogP contribution in [0.15, 0.2) is 0 Å². The zero-order valence-corrected chi connectivity index (χ0v) is 9.48. The third-order valence-electron chi connectivity index (χ3n) is 3.97. The predicted molar refractivity (Wildman–Crippen MR) is 56.2 cm³/mol. The van der Waals surface area contributed by atoms with E-state index in [0.717, 1.165) is 19.3 Å². The van der Waals surface area contributed by atoms with Gasteiger partial charge in [-0.1, -0.05) is 6.92 Å². The van der Waals surface area contributed by atoms with E-state index in [-0.39, 0.29) is 18.2 Å². The first-order chi connectivity index (χ1) is 7.08. The Morgan fingerprint density at radius 3 is 3.00 bits per heavy atom. The summed E-state index contributed by atoms with van der Waals surface area (Å²) in [6.07, 6.45) is 3.42. The van der Waals surface area contributed by atoms with Crippen LogP contribution in [0.3, 0.4) is 0 Å². The Bertz CT molecular complexity index is 249. The van der Waals surface area contributed by atoms with Gasteiger partial charge in [0.05, 0.1) is 12.5 Å². The van der Waals surface area contributed by atoms with Crippen molar-refractivity contribution in [3.8, 4) is 0 Å². The number of aliphatic hydroxyl groups is 1. The highest BCUT2D eigenvalue weighted by Crippen LogP contribution is 2.46. The van der Waals surface area contributed by atoms with Crippen LogP contribution in [0.4, 0.5) is 0 Å². The quantitative estimate of drug-likeness (QED) is 0.725. The SMILES string of the molecule is C[C@H](O)CC[C@@H]1[C@H]2CC(=O)O[C@H]2C[C@H]1C. The van der Waals surface area contributed by atoms with Crippen LogP contribution in [0.25, 0.3) is 0 Å². The van der Waals surface area contributed by atoms with Crippen LogP contribution in [0, 0.1) is 17.8 Å². The summed E-state index contributed by atoms with van der Waals surface area (Å²) in [7, 11) is 0. The third-order valence-corrected chi connectivity index (χ3v) is 3.97. The molecule has 2 rings (SSSR count). The van der Waals surface area contributed by atoms with Crippen LogP contribution in [0.1, 0.15) is 39.5 Å². The maximum absolute atomic E-state index is 11.2. The van der Waals surface area contributed by atoms with Gasteiger partial charge in [0.1, 0.15) is 6.10 Å². The van der Waals surface area contributed by atoms with Crippen molar-refractivity contribution in [2.75, 3.05) is 0 Å². The molecular weight excluding hydrogens is 192 g/mol. The van der Waals surface area contributed by atoms with Crippen molar-refractivity contribution in [3.05, 3.63) is 0 Å². The second-order valence-electron chi connectivity index (χ2n) is 5.20. The minimum Gasteiger partial charge on any atom is -0.462 e. The van der Waals surface area contributed by atoms with Crippen molar-refractivity contribution >= 4 is 5.97 Å². The van der Waals surface area contributed by atoms with Gasteiger partial charge in [-0.05, 0) is 38.0 Å². The molecule has 1 aliphatic heterocycles. The van der Waals surface area contributed by atoms with Gasteiger partial charge < -0.3 is 9.84 Å². The lowest BCUT2D eigenvalue weighted by Crippen LogP contribution is -2.17. The molecule has 0 spiro atoms. The zero-order valence-electron chi connectivity index (χ0n) is 9.48. The normalized spacial score (nSPS) is 41.4. The van der Waals surface area contributed by atoms with E-state index >= 15 is 0 Å². The highest BCUT2D eigenvalue weighted by molar-refractivity contribution is 5.72. The molecule has 0 unspecified atom stereocenters. The van der Waals surface area contributed by atoms with Gasteiger partial charge in [-0.3, -0.25) is 4.79 Å². The van der Waals surface area contributed by atoms with Crippen molar-refractivity contribution in [2.24, 2.45) is 17.8 Å². The number of hydrogen-bond acceptors (Lipinski definition) is 3. The fourth-order valence-electron chi connectivity index (χ4n) is 3.17. The average molecular weight is 212 g/mol. The second-order valence-corrected chi connectivity index (χ2v) is 5.20. The van der Waals surface area contributed by atoms with Crippen LogP contribution < -0.4 is 0 Å². The first-order valence-corrected chi connectivity index (χ1v) is 5.95. The molecule has 2 aliphatic rings. The molecule has 1 saturated carbocycles. The predicted octanol–water partition coefficient (Wildman–Crippen LogP) is 1.74. The lowest BCUT2D eigenvalue weighted by Gasteiger charge is -2.20. The van der Waals surface area contributed by atoms with E-state index in [1.165, 1.54) is 0 Å². The summed E-state index contributed by atoms with van der Waals surface area (Å²) in [6.45, 7) is 4.06. The summed E-state index contributed by atoms with van der Waals surface area (Å²) in [6, 6.07) is 0. The van der Waals surface area contributed by atoms with Gasteiger partial charge >= 0.3 is 5.97 Å². The fraction of sp³-hybridized carbons (Fsp3) is 0.917.